The molecule has 0 fully saturated rings. The molecule has 16 heavy (non-hydrogen) atoms. The summed E-state index contributed by atoms with van der Waals surface area (Å²) in [4.78, 5) is 22.3. The Morgan fingerprint density at radius 1 is 1.31 bits per heavy atom. The monoisotopic (exact) mass is 224 g/mol. The molecule has 5 nitrogen and oxygen atoms in total. The van der Waals surface area contributed by atoms with Gasteiger partial charge in [0.25, 0.3) is 0 Å². The molecule has 5 heteroatoms. The van der Waals surface area contributed by atoms with Crippen LogP contribution in [0.5, 0.6) is 0 Å². The summed E-state index contributed by atoms with van der Waals surface area (Å²) in [5.74, 6) is -1.94. The number of aliphatic hydroxyl groups is 1. The Labute approximate surface area is 92.3 Å². The summed E-state index contributed by atoms with van der Waals surface area (Å²) >= 11 is 0. The van der Waals surface area contributed by atoms with Gasteiger partial charge in [-0.1, -0.05) is 12.1 Å². The lowest BCUT2D eigenvalue weighted by Gasteiger charge is -2.08. The predicted octanol–water partition coefficient (Wildman–Crippen LogP) is 0.922. The van der Waals surface area contributed by atoms with Crippen LogP contribution in [0.15, 0.2) is 24.3 Å². The molecule has 1 aromatic rings. The van der Waals surface area contributed by atoms with Gasteiger partial charge < -0.3 is 14.9 Å². The zero-order valence-electron chi connectivity index (χ0n) is 8.71. The fourth-order valence-electron chi connectivity index (χ4n) is 1.12. The van der Waals surface area contributed by atoms with Crippen LogP contribution < -0.4 is 0 Å². The van der Waals surface area contributed by atoms with E-state index in [4.69, 9.17) is 14.9 Å². The third-order valence-electron chi connectivity index (χ3n) is 1.83. The van der Waals surface area contributed by atoms with Gasteiger partial charge in [-0.15, -0.1) is 0 Å². The van der Waals surface area contributed by atoms with Crippen molar-refractivity contribution in [3.63, 3.8) is 0 Å². The first kappa shape index (κ1) is 12.2. The van der Waals surface area contributed by atoms with E-state index in [9.17, 15) is 9.59 Å². The zero-order chi connectivity index (χ0) is 12.1. The van der Waals surface area contributed by atoms with Gasteiger partial charge in [0.1, 0.15) is 6.61 Å². The second-order valence-electron chi connectivity index (χ2n) is 3.30. The number of benzene rings is 1. The predicted molar refractivity (Wildman–Crippen MR) is 55.4 cm³/mol. The first-order chi connectivity index (χ1) is 7.52. The highest BCUT2D eigenvalue weighted by molar-refractivity contribution is 6.02. The number of aliphatic hydroxyl groups excluding tert-OH is 1. The minimum absolute atomic E-state index is 0.0179. The van der Waals surface area contributed by atoms with Crippen molar-refractivity contribution in [1.82, 2.24) is 0 Å². The zero-order valence-corrected chi connectivity index (χ0v) is 8.71. The van der Waals surface area contributed by atoms with Gasteiger partial charge in [0, 0.05) is 0 Å². The van der Waals surface area contributed by atoms with Crippen LogP contribution in [0.25, 0.3) is 0 Å². The molecule has 0 aliphatic heterocycles. The second-order valence-corrected chi connectivity index (χ2v) is 3.30. The van der Waals surface area contributed by atoms with Gasteiger partial charge in [-0.2, -0.15) is 0 Å². The van der Waals surface area contributed by atoms with Crippen molar-refractivity contribution in [1.29, 1.82) is 0 Å². The number of rotatable bonds is 4. The highest BCUT2D eigenvalue weighted by atomic mass is 16.5. The van der Waals surface area contributed by atoms with Crippen LogP contribution in [0.4, 0.5) is 0 Å². The molecular weight excluding hydrogens is 212 g/mol. The lowest BCUT2D eigenvalue weighted by atomic mass is 10.1. The topological polar surface area (TPSA) is 83.8 Å². The third kappa shape index (κ3) is 3.06. The Bertz CT molecular complexity index is 397. The largest absolute Gasteiger partial charge is 0.478 e. The normalized spacial score (nSPS) is 11.9. The van der Waals surface area contributed by atoms with Crippen LogP contribution in [0.2, 0.25) is 0 Å². The van der Waals surface area contributed by atoms with E-state index in [1.807, 2.05) is 0 Å². The molecule has 0 radical (unpaired) electrons. The highest BCUT2D eigenvalue weighted by Gasteiger charge is 2.17. The summed E-state index contributed by atoms with van der Waals surface area (Å²) in [6.45, 7) is 1.31. The average Bonchev–Trinajstić information content (AvgIpc) is 2.25. The number of carboxylic acid groups (broad SMARTS) is 1. The average molecular weight is 224 g/mol. The molecule has 0 bridgehead atoms. The summed E-state index contributed by atoms with van der Waals surface area (Å²) in [5.41, 5.74) is -0.131. The van der Waals surface area contributed by atoms with E-state index in [1.54, 1.807) is 6.07 Å². The molecule has 1 unspecified atom stereocenters. The van der Waals surface area contributed by atoms with Crippen LogP contribution in [-0.4, -0.2) is 34.9 Å². The smallest absolute Gasteiger partial charge is 0.339 e. The molecule has 0 heterocycles. The summed E-state index contributed by atoms with van der Waals surface area (Å²) in [6.07, 6.45) is -0.777. The van der Waals surface area contributed by atoms with Gasteiger partial charge in [0.15, 0.2) is 0 Å². The lowest BCUT2D eigenvalue weighted by molar-refractivity contribution is 0.0292. The van der Waals surface area contributed by atoms with Gasteiger partial charge >= 0.3 is 11.9 Å². The van der Waals surface area contributed by atoms with Gasteiger partial charge in [-0.25, -0.2) is 9.59 Å². The molecular formula is C11H12O5. The molecule has 0 aliphatic rings. The van der Waals surface area contributed by atoms with E-state index in [0.29, 0.717) is 0 Å². The number of esters is 1. The van der Waals surface area contributed by atoms with Gasteiger partial charge in [0.05, 0.1) is 17.2 Å². The molecule has 0 saturated heterocycles. The molecule has 0 amide bonds. The minimum Gasteiger partial charge on any atom is -0.478 e. The maximum Gasteiger partial charge on any atom is 0.339 e. The van der Waals surface area contributed by atoms with Crippen LogP contribution in [0.3, 0.4) is 0 Å². The Kier molecular flexibility index (Phi) is 4.02. The molecule has 0 spiro atoms. The van der Waals surface area contributed by atoms with Gasteiger partial charge in [-0.05, 0) is 19.1 Å². The first-order valence-electron chi connectivity index (χ1n) is 4.70. The van der Waals surface area contributed by atoms with Crippen molar-refractivity contribution < 1.29 is 24.5 Å². The molecule has 1 aromatic carbocycles. The van der Waals surface area contributed by atoms with Crippen LogP contribution in [0.1, 0.15) is 27.6 Å². The molecule has 1 atom stereocenters. The molecule has 0 aliphatic carbocycles. The number of carbonyl (C=O) groups excluding carboxylic acids is 1. The fraction of sp³-hybridized carbons (Fsp3) is 0.273. The number of ether oxygens (including phenoxy) is 1. The maximum absolute atomic E-state index is 11.5. The number of aromatic carboxylic acids is 1. The SMILES string of the molecule is CC(O)COC(=O)c1ccccc1C(=O)O. The molecule has 0 saturated carbocycles. The van der Waals surface area contributed by atoms with E-state index >= 15 is 0 Å². The number of carboxylic acids is 1. The van der Waals surface area contributed by atoms with Gasteiger partial charge in [0.2, 0.25) is 0 Å². The fourth-order valence-corrected chi connectivity index (χ4v) is 1.12. The number of carbonyl (C=O) groups is 2. The van der Waals surface area contributed by atoms with Crippen molar-refractivity contribution in [2.45, 2.75) is 13.0 Å². The van der Waals surface area contributed by atoms with Crippen LogP contribution in [0, 0.1) is 0 Å². The van der Waals surface area contributed by atoms with E-state index in [0.717, 1.165) is 0 Å². The van der Waals surface area contributed by atoms with Gasteiger partial charge in [-0.3, -0.25) is 0 Å². The summed E-state index contributed by atoms with van der Waals surface area (Å²) in [6, 6.07) is 5.76. The Hall–Kier alpha value is -1.88. The van der Waals surface area contributed by atoms with E-state index in [-0.39, 0.29) is 17.7 Å². The molecule has 86 valence electrons. The molecule has 2 N–H and O–H groups in total. The van der Waals surface area contributed by atoms with Crippen LogP contribution in [-0.2, 0) is 4.74 Å². The summed E-state index contributed by atoms with van der Waals surface area (Å²) in [7, 11) is 0. The van der Waals surface area contributed by atoms with E-state index in [2.05, 4.69) is 0 Å². The quantitative estimate of drug-likeness (QED) is 0.743. The van der Waals surface area contributed by atoms with Crippen LogP contribution >= 0.6 is 0 Å². The Morgan fingerprint density at radius 3 is 2.38 bits per heavy atom. The van der Waals surface area contributed by atoms with Crippen molar-refractivity contribution >= 4 is 11.9 Å². The molecule has 0 aromatic heterocycles. The van der Waals surface area contributed by atoms with E-state index < -0.39 is 18.0 Å². The van der Waals surface area contributed by atoms with Crippen molar-refractivity contribution in [2.75, 3.05) is 6.61 Å². The Balaban J connectivity index is 2.86. The lowest BCUT2D eigenvalue weighted by Crippen LogP contribution is -2.17. The number of hydrogen-bond donors (Lipinski definition) is 2. The number of hydrogen-bond acceptors (Lipinski definition) is 4. The standard InChI is InChI=1S/C11H12O5/c1-7(12)6-16-11(15)9-5-3-2-4-8(9)10(13)14/h2-5,7,12H,6H2,1H3,(H,13,14). The third-order valence-corrected chi connectivity index (χ3v) is 1.83. The minimum atomic E-state index is -1.19. The Morgan fingerprint density at radius 2 is 1.88 bits per heavy atom. The first-order valence-corrected chi connectivity index (χ1v) is 4.70. The summed E-state index contributed by atoms with van der Waals surface area (Å²) in [5, 5.41) is 17.8. The highest BCUT2D eigenvalue weighted by Crippen LogP contribution is 2.10. The van der Waals surface area contributed by atoms with Crippen molar-refractivity contribution in [3.8, 4) is 0 Å². The maximum atomic E-state index is 11.5. The van der Waals surface area contributed by atoms with Crippen molar-refractivity contribution in [2.24, 2.45) is 0 Å². The molecule has 1 rings (SSSR count). The second kappa shape index (κ2) is 5.27. The van der Waals surface area contributed by atoms with E-state index in [1.165, 1.54) is 25.1 Å². The summed E-state index contributed by atoms with van der Waals surface area (Å²) < 4.78 is 4.73. The van der Waals surface area contributed by atoms with Crippen molar-refractivity contribution in [3.05, 3.63) is 35.4 Å².